The van der Waals surface area contributed by atoms with E-state index in [1.807, 2.05) is 0 Å². The van der Waals surface area contributed by atoms with Crippen LogP contribution in [0.4, 0.5) is 0 Å². The minimum Gasteiger partial charge on any atom is -0.369 e. The first-order valence-electron chi connectivity index (χ1n) is 10.0. The van der Waals surface area contributed by atoms with Gasteiger partial charge >= 0.3 is 0 Å². The maximum absolute atomic E-state index is 11.5. The van der Waals surface area contributed by atoms with E-state index in [2.05, 4.69) is 13.8 Å². The van der Waals surface area contributed by atoms with Gasteiger partial charge in [-0.15, -0.1) is 0 Å². The Labute approximate surface area is 139 Å². The zero-order valence-corrected chi connectivity index (χ0v) is 15.4. The van der Waals surface area contributed by atoms with Crippen molar-refractivity contribution in [2.75, 3.05) is 0 Å². The molecule has 0 bridgehead atoms. The van der Waals surface area contributed by atoms with Gasteiger partial charge < -0.3 is 5.73 Å². The highest BCUT2D eigenvalue weighted by Crippen LogP contribution is 2.18. The predicted molar refractivity (Wildman–Crippen MR) is 97.9 cm³/mol. The van der Waals surface area contributed by atoms with Gasteiger partial charge in [-0.3, -0.25) is 4.79 Å². The third-order valence-electron chi connectivity index (χ3n) is 4.71. The zero-order chi connectivity index (χ0) is 16.5. The first-order valence-corrected chi connectivity index (χ1v) is 10.0. The number of nitrogens with two attached hydrogens (primary N) is 1. The number of hydrogen-bond acceptors (Lipinski definition) is 1. The van der Waals surface area contributed by atoms with Crippen LogP contribution in [0.1, 0.15) is 117 Å². The van der Waals surface area contributed by atoms with Crippen LogP contribution < -0.4 is 5.73 Å². The molecule has 132 valence electrons. The second-order valence-electron chi connectivity index (χ2n) is 6.92. The lowest BCUT2D eigenvalue weighted by Gasteiger charge is -2.13. The van der Waals surface area contributed by atoms with Crippen molar-refractivity contribution in [2.45, 2.75) is 117 Å². The molecule has 1 atom stereocenters. The number of amides is 1. The SMILES string of the molecule is CCCCCCCCCCCCC(CCCCCC)C(N)=O. The van der Waals surface area contributed by atoms with E-state index >= 15 is 0 Å². The van der Waals surface area contributed by atoms with Crippen LogP contribution in [0, 0.1) is 5.92 Å². The Morgan fingerprint density at radius 3 is 1.32 bits per heavy atom. The van der Waals surface area contributed by atoms with E-state index in [0.717, 1.165) is 12.8 Å². The molecule has 0 rings (SSSR count). The maximum Gasteiger partial charge on any atom is 0.220 e. The Morgan fingerprint density at radius 1 is 0.636 bits per heavy atom. The molecule has 0 saturated carbocycles. The highest BCUT2D eigenvalue weighted by molar-refractivity contribution is 5.76. The zero-order valence-electron chi connectivity index (χ0n) is 15.4. The van der Waals surface area contributed by atoms with E-state index in [1.165, 1.54) is 89.9 Å². The molecule has 0 aromatic rings. The Morgan fingerprint density at radius 2 is 0.955 bits per heavy atom. The molecule has 0 saturated heterocycles. The summed E-state index contributed by atoms with van der Waals surface area (Å²) in [6.07, 6.45) is 20.5. The molecule has 1 amide bonds. The summed E-state index contributed by atoms with van der Waals surface area (Å²) in [4.78, 5) is 11.5. The lowest BCUT2D eigenvalue weighted by atomic mass is 9.94. The monoisotopic (exact) mass is 311 g/mol. The fourth-order valence-corrected chi connectivity index (χ4v) is 3.12. The topological polar surface area (TPSA) is 43.1 Å². The second-order valence-corrected chi connectivity index (χ2v) is 6.92. The van der Waals surface area contributed by atoms with Crippen LogP contribution in [0.3, 0.4) is 0 Å². The number of carbonyl (C=O) groups excluding carboxylic acids is 1. The molecule has 0 aromatic heterocycles. The van der Waals surface area contributed by atoms with Crippen molar-refractivity contribution in [2.24, 2.45) is 11.7 Å². The predicted octanol–water partition coefficient (Wildman–Crippen LogP) is 6.37. The van der Waals surface area contributed by atoms with E-state index in [4.69, 9.17) is 5.73 Å². The van der Waals surface area contributed by atoms with E-state index < -0.39 is 0 Å². The molecule has 0 aliphatic rings. The molecule has 2 nitrogen and oxygen atoms in total. The number of unbranched alkanes of at least 4 members (excludes halogenated alkanes) is 12. The Bertz CT molecular complexity index is 240. The number of primary amides is 1. The molecular weight excluding hydrogens is 270 g/mol. The van der Waals surface area contributed by atoms with Gasteiger partial charge in [0.15, 0.2) is 0 Å². The van der Waals surface area contributed by atoms with Crippen LogP contribution in [0.2, 0.25) is 0 Å². The Balaban J connectivity index is 3.42. The lowest BCUT2D eigenvalue weighted by Crippen LogP contribution is -2.23. The van der Waals surface area contributed by atoms with Gasteiger partial charge in [-0.2, -0.15) is 0 Å². The van der Waals surface area contributed by atoms with Gasteiger partial charge in [0.05, 0.1) is 0 Å². The highest BCUT2D eigenvalue weighted by atomic mass is 16.1. The highest BCUT2D eigenvalue weighted by Gasteiger charge is 2.14. The summed E-state index contributed by atoms with van der Waals surface area (Å²) in [6, 6.07) is 0. The maximum atomic E-state index is 11.5. The van der Waals surface area contributed by atoms with Crippen molar-refractivity contribution in [3.05, 3.63) is 0 Å². The number of rotatable bonds is 17. The van der Waals surface area contributed by atoms with Gasteiger partial charge in [-0.25, -0.2) is 0 Å². The normalized spacial score (nSPS) is 12.5. The molecule has 0 aliphatic carbocycles. The first-order chi connectivity index (χ1) is 10.7. The van der Waals surface area contributed by atoms with Gasteiger partial charge in [0.2, 0.25) is 5.91 Å². The van der Waals surface area contributed by atoms with E-state index in [-0.39, 0.29) is 11.8 Å². The van der Waals surface area contributed by atoms with Crippen LogP contribution in [0.5, 0.6) is 0 Å². The number of carbonyl (C=O) groups is 1. The molecule has 0 fully saturated rings. The molecule has 22 heavy (non-hydrogen) atoms. The van der Waals surface area contributed by atoms with Crippen LogP contribution in [0.15, 0.2) is 0 Å². The average Bonchev–Trinajstić information content (AvgIpc) is 2.50. The third kappa shape index (κ3) is 14.4. The third-order valence-corrected chi connectivity index (χ3v) is 4.71. The van der Waals surface area contributed by atoms with E-state index in [1.54, 1.807) is 0 Å². The lowest BCUT2D eigenvalue weighted by molar-refractivity contribution is -0.122. The molecule has 0 aliphatic heterocycles. The second kappa shape index (κ2) is 16.8. The van der Waals surface area contributed by atoms with Gasteiger partial charge in [0.25, 0.3) is 0 Å². The summed E-state index contributed by atoms with van der Waals surface area (Å²) in [6.45, 7) is 4.48. The summed E-state index contributed by atoms with van der Waals surface area (Å²) in [5.41, 5.74) is 5.53. The van der Waals surface area contributed by atoms with Crippen molar-refractivity contribution in [1.82, 2.24) is 0 Å². The van der Waals surface area contributed by atoms with Crippen LogP contribution in [-0.4, -0.2) is 5.91 Å². The van der Waals surface area contributed by atoms with Crippen molar-refractivity contribution < 1.29 is 4.79 Å². The smallest absolute Gasteiger partial charge is 0.220 e. The quantitative estimate of drug-likeness (QED) is 0.312. The molecular formula is C20H41NO. The largest absolute Gasteiger partial charge is 0.369 e. The minimum atomic E-state index is -0.0765. The molecule has 0 heterocycles. The fraction of sp³-hybridized carbons (Fsp3) is 0.950. The molecule has 2 heteroatoms. The summed E-state index contributed by atoms with van der Waals surface area (Å²) >= 11 is 0. The molecule has 0 radical (unpaired) electrons. The Hall–Kier alpha value is -0.530. The molecule has 1 unspecified atom stereocenters. The van der Waals surface area contributed by atoms with Crippen molar-refractivity contribution in [3.63, 3.8) is 0 Å². The summed E-state index contributed by atoms with van der Waals surface area (Å²) in [7, 11) is 0. The first kappa shape index (κ1) is 21.5. The van der Waals surface area contributed by atoms with Gasteiger partial charge in [-0.1, -0.05) is 104 Å². The minimum absolute atomic E-state index is 0.0765. The van der Waals surface area contributed by atoms with Gasteiger partial charge in [0.1, 0.15) is 0 Å². The molecule has 2 N–H and O–H groups in total. The summed E-state index contributed by atoms with van der Waals surface area (Å²) in [5, 5.41) is 0. The summed E-state index contributed by atoms with van der Waals surface area (Å²) < 4.78 is 0. The van der Waals surface area contributed by atoms with E-state index in [0.29, 0.717) is 0 Å². The van der Waals surface area contributed by atoms with E-state index in [9.17, 15) is 4.79 Å². The standard InChI is InChI=1S/C20H41NO/c1-3-5-7-9-10-11-12-13-14-16-18-19(20(21)22)17-15-8-6-4-2/h19H,3-18H2,1-2H3,(H2,21,22). The van der Waals surface area contributed by atoms with Crippen molar-refractivity contribution >= 4 is 5.91 Å². The van der Waals surface area contributed by atoms with Crippen LogP contribution in [-0.2, 0) is 4.79 Å². The average molecular weight is 312 g/mol. The fourth-order valence-electron chi connectivity index (χ4n) is 3.12. The molecule has 0 aromatic carbocycles. The number of hydrogen-bond donors (Lipinski definition) is 1. The van der Waals surface area contributed by atoms with Crippen molar-refractivity contribution in [3.8, 4) is 0 Å². The molecule has 0 spiro atoms. The van der Waals surface area contributed by atoms with Gasteiger partial charge in [0, 0.05) is 5.92 Å². The van der Waals surface area contributed by atoms with Crippen LogP contribution >= 0.6 is 0 Å². The van der Waals surface area contributed by atoms with Crippen LogP contribution in [0.25, 0.3) is 0 Å². The van der Waals surface area contributed by atoms with Gasteiger partial charge in [-0.05, 0) is 12.8 Å². The Kier molecular flexibility index (Phi) is 16.4. The van der Waals surface area contributed by atoms with Crippen molar-refractivity contribution in [1.29, 1.82) is 0 Å². The summed E-state index contributed by atoms with van der Waals surface area (Å²) in [5.74, 6) is 0.0540.